The number of ether oxygens (including phenoxy) is 2. The molecule has 1 aliphatic rings. The Bertz CT molecular complexity index is 250. The summed E-state index contributed by atoms with van der Waals surface area (Å²) < 4.78 is 10.7. The molecule has 5 nitrogen and oxygen atoms in total. The highest BCUT2D eigenvalue weighted by Crippen LogP contribution is 2.25. The van der Waals surface area contributed by atoms with Crippen LogP contribution in [0.1, 0.15) is 52.4 Å². The summed E-state index contributed by atoms with van der Waals surface area (Å²) in [6.45, 7) is 6.12. The summed E-state index contributed by atoms with van der Waals surface area (Å²) in [5.74, 6) is 0.795. The van der Waals surface area contributed by atoms with Gasteiger partial charge in [0, 0.05) is 19.8 Å². The highest BCUT2D eigenvalue weighted by molar-refractivity contribution is 5.73. The SMILES string of the molecule is CCOC(CNC(=O)NCCC1CCCCC1)OCC. The van der Waals surface area contributed by atoms with Crippen molar-refractivity contribution in [1.82, 2.24) is 10.6 Å². The number of hydrogen-bond donors (Lipinski definition) is 2. The maximum absolute atomic E-state index is 11.7. The molecule has 1 rings (SSSR count). The molecule has 0 aromatic heterocycles. The molecule has 0 aromatic carbocycles. The molecule has 0 bridgehead atoms. The van der Waals surface area contributed by atoms with Crippen LogP contribution in [-0.2, 0) is 9.47 Å². The Hall–Kier alpha value is -0.810. The smallest absolute Gasteiger partial charge is 0.314 e. The van der Waals surface area contributed by atoms with Crippen molar-refractivity contribution in [1.29, 1.82) is 0 Å². The van der Waals surface area contributed by atoms with Crippen LogP contribution in [0.5, 0.6) is 0 Å². The van der Waals surface area contributed by atoms with Crippen molar-refractivity contribution in [2.24, 2.45) is 5.92 Å². The zero-order valence-corrected chi connectivity index (χ0v) is 13.0. The minimum atomic E-state index is -0.353. The molecule has 0 radical (unpaired) electrons. The van der Waals surface area contributed by atoms with Crippen molar-refractivity contribution in [3.8, 4) is 0 Å². The standard InChI is InChI=1S/C15H30N2O3/c1-3-19-14(20-4-2)12-17-15(18)16-11-10-13-8-6-5-7-9-13/h13-14H,3-12H2,1-2H3,(H2,16,17,18). The Morgan fingerprint density at radius 2 is 1.75 bits per heavy atom. The molecule has 0 spiro atoms. The lowest BCUT2D eigenvalue weighted by Gasteiger charge is -2.21. The van der Waals surface area contributed by atoms with E-state index in [1.54, 1.807) is 0 Å². The molecular weight excluding hydrogens is 256 g/mol. The van der Waals surface area contributed by atoms with Gasteiger partial charge in [-0.3, -0.25) is 0 Å². The normalized spacial score (nSPS) is 16.4. The predicted octanol–water partition coefficient (Wildman–Crippen LogP) is 2.66. The number of nitrogens with one attached hydrogen (secondary N) is 2. The monoisotopic (exact) mass is 286 g/mol. The van der Waals surface area contributed by atoms with Gasteiger partial charge in [-0.15, -0.1) is 0 Å². The Morgan fingerprint density at radius 3 is 2.35 bits per heavy atom. The second-order valence-corrected chi connectivity index (χ2v) is 5.27. The highest BCUT2D eigenvalue weighted by Gasteiger charge is 2.14. The molecule has 0 saturated heterocycles. The van der Waals surface area contributed by atoms with Crippen molar-refractivity contribution >= 4 is 6.03 Å². The van der Waals surface area contributed by atoms with E-state index in [0.29, 0.717) is 19.8 Å². The summed E-state index contributed by atoms with van der Waals surface area (Å²) in [6, 6.07) is -0.134. The van der Waals surface area contributed by atoms with E-state index in [1.165, 1.54) is 32.1 Å². The summed E-state index contributed by atoms with van der Waals surface area (Å²) in [7, 11) is 0. The quantitative estimate of drug-likeness (QED) is 0.641. The van der Waals surface area contributed by atoms with Crippen molar-refractivity contribution in [2.75, 3.05) is 26.3 Å². The van der Waals surface area contributed by atoms with Crippen LogP contribution in [0.4, 0.5) is 4.79 Å². The van der Waals surface area contributed by atoms with E-state index in [9.17, 15) is 4.79 Å². The first kappa shape index (κ1) is 17.2. The number of carbonyl (C=O) groups excluding carboxylic acids is 1. The molecule has 118 valence electrons. The molecule has 1 saturated carbocycles. The fourth-order valence-electron chi connectivity index (χ4n) is 2.64. The second kappa shape index (κ2) is 10.9. The summed E-state index contributed by atoms with van der Waals surface area (Å²) in [6.07, 6.45) is 7.45. The number of hydrogen-bond acceptors (Lipinski definition) is 3. The number of amides is 2. The molecule has 1 fully saturated rings. The Balaban J connectivity index is 2.06. The molecule has 0 aromatic rings. The topological polar surface area (TPSA) is 59.6 Å². The summed E-state index contributed by atoms with van der Waals surface area (Å²) in [4.78, 5) is 11.7. The number of rotatable bonds is 9. The fourth-order valence-corrected chi connectivity index (χ4v) is 2.64. The molecule has 2 N–H and O–H groups in total. The predicted molar refractivity (Wildman–Crippen MR) is 79.6 cm³/mol. The van der Waals surface area contributed by atoms with Crippen LogP contribution >= 0.6 is 0 Å². The number of urea groups is 1. The maximum Gasteiger partial charge on any atom is 0.314 e. The molecule has 20 heavy (non-hydrogen) atoms. The van der Waals surface area contributed by atoms with Gasteiger partial charge in [-0.1, -0.05) is 32.1 Å². The van der Waals surface area contributed by atoms with Crippen molar-refractivity contribution in [2.45, 2.75) is 58.7 Å². The van der Waals surface area contributed by atoms with E-state index < -0.39 is 0 Å². The van der Waals surface area contributed by atoms with Gasteiger partial charge in [-0.05, 0) is 26.2 Å². The average Bonchev–Trinajstić information content (AvgIpc) is 2.46. The summed E-state index contributed by atoms with van der Waals surface area (Å²) >= 11 is 0. The minimum Gasteiger partial charge on any atom is -0.351 e. The zero-order valence-electron chi connectivity index (χ0n) is 13.0. The van der Waals surface area contributed by atoms with Gasteiger partial charge in [0.2, 0.25) is 0 Å². The van der Waals surface area contributed by atoms with Crippen LogP contribution in [-0.4, -0.2) is 38.6 Å². The van der Waals surface area contributed by atoms with Crippen molar-refractivity contribution < 1.29 is 14.3 Å². The Morgan fingerprint density at radius 1 is 1.10 bits per heavy atom. The van der Waals surface area contributed by atoms with Gasteiger partial charge >= 0.3 is 6.03 Å². The Labute approximate surface area is 122 Å². The third kappa shape index (κ3) is 7.70. The third-order valence-electron chi connectivity index (χ3n) is 3.70. The van der Waals surface area contributed by atoms with Crippen molar-refractivity contribution in [3.63, 3.8) is 0 Å². The van der Waals surface area contributed by atoms with E-state index in [4.69, 9.17) is 9.47 Å². The van der Waals surface area contributed by atoms with Crippen LogP contribution in [0.25, 0.3) is 0 Å². The van der Waals surface area contributed by atoms with Crippen LogP contribution in [0.2, 0.25) is 0 Å². The average molecular weight is 286 g/mol. The number of carbonyl (C=O) groups is 1. The van der Waals surface area contributed by atoms with E-state index in [1.807, 2.05) is 13.8 Å². The van der Waals surface area contributed by atoms with Gasteiger partial charge in [0.1, 0.15) is 0 Å². The van der Waals surface area contributed by atoms with Gasteiger partial charge in [-0.25, -0.2) is 4.79 Å². The first-order valence-corrected chi connectivity index (χ1v) is 8.01. The van der Waals surface area contributed by atoms with Crippen LogP contribution in [0.3, 0.4) is 0 Å². The molecule has 1 aliphatic carbocycles. The molecule has 0 aliphatic heterocycles. The van der Waals surface area contributed by atoms with Crippen LogP contribution in [0, 0.1) is 5.92 Å². The lowest BCUT2D eigenvalue weighted by molar-refractivity contribution is -0.131. The van der Waals surface area contributed by atoms with Crippen molar-refractivity contribution in [3.05, 3.63) is 0 Å². The maximum atomic E-state index is 11.7. The van der Waals surface area contributed by atoms with E-state index in [-0.39, 0.29) is 12.3 Å². The van der Waals surface area contributed by atoms with E-state index >= 15 is 0 Å². The molecular formula is C15H30N2O3. The lowest BCUT2D eigenvalue weighted by atomic mass is 9.87. The highest BCUT2D eigenvalue weighted by atomic mass is 16.7. The van der Waals surface area contributed by atoms with Crippen LogP contribution in [0.15, 0.2) is 0 Å². The molecule has 0 atom stereocenters. The fraction of sp³-hybridized carbons (Fsp3) is 0.933. The minimum absolute atomic E-state index is 0.134. The van der Waals surface area contributed by atoms with Gasteiger partial charge < -0.3 is 20.1 Å². The van der Waals surface area contributed by atoms with E-state index in [0.717, 1.165) is 18.9 Å². The summed E-state index contributed by atoms with van der Waals surface area (Å²) in [5, 5.41) is 5.70. The van der Waals surface area contributed by atoms with E-state index in [2.05, 4.69) is 10.6 Å². The molecule has 2 amide bonds. The largest absolute Gasteiger partial charge is 0.351 e. The molecule has 5 heteroatoms. The second-order valence-electron chi connectivity index (χ2n) is 5.27. The Kier molecular flexibility index (Phi) is 9.41. The van der Waals surface area contributed by atoms with Gasteiger partial charge in [0.15, 0.2) is 6.29 Å². The molecule has 0 unspecified atom stereocenters. The third-order valence-corrected chi connectivity index (χ3v) is 3.70. The zero-order chi connectivity index (χ0) is 14.6. The lowest BCUT2D eigenvalue weighted by Crippen LogP contribution is -2.42. The first-order chi connectivity index (χ1) is 9.76. The van der Waals surface area contributed by atoms with Gasteiger partial charge in [-0.2, -0.15) is 0 Å². The molecule has 0 heterocycles. The van der Waals surface area contributed by atoms with Crippen LogP contribution < -0.4 is 10.6 Å². The first-order valence-electron chi connectivity index (χ1n) is 8.01. The van der Waals surface area contributed by atoms with Gasteiger partial charge in [0.05, 0.1) is 6.54 Å². The summed E-state index contributed by atoms with van der Waals surface area (Å²) in [5.41, 5.74) is 0. The van der Waals surface area contributed by atoms with Gasteiger partial charge in [0.25, 0.3) is 0 Å².